The number of likely N-dealkylation sites (tertiary alicyclic amines) is 1. The minimum atomic E-state index is -0.861. The number of aromatic nitrogens is 4. The number of rotatable bonds is 4. The lowest BCUT2D eigenvalue weighted by atomic mass is 9.92. The number of β-amino-alcohol motifs (C(OH)–C–C–N with tert-alkyl or cyclic N) is 1. The summed E-state index contributed by atoms with van der Waals surface area (Å²) in [6.07, 6.45) is 1.49. The van der Waals surface area contributed by atoms with Crippen LogP contribution in [0.4, 0.5) is 10.5 Å². The fourth-order valence-corrected chi connectivity index (χ4v) is 3.36. The van der Waals surface area contributed by atoms with Gasteiger partial charge in [-0.15, -0.1) is 5.10 Å². The molecule has 3 rings (SSSR count). The predicted octanol–water partition coefficient (Wildman–Crippen LogP) is 0.891. The Labute approximate surface area is 152 Å². The molecule has 9 heteroatoms. The first-order valence-electron chi connectivity index (χ1n) is 8.65. The molecular weight excluding hydrogens is 334 g/mol. The summed E-state index contributed by atoms with van der Waals surface area (Å²) >= 11 is 0. The second kappa shape index (κ2) is 7.38. The zero-order valence-corrected chi connectivity index (χ0v) is 15.4. The van der Waals surface area contributed by atoms with E-state index in [4.69, 9.17) is 0 Å². The van der Waals surface area contributed by atoms with Crippen LogP contribution >= 0.6 is 0 Å². The van der Waals surface area contributed by atoms with Gasteiger partial charge in [0.2, 0.25) is 0 Å². The summed E-state index contributed by atoms with van der Waals surface area (Å²) in [6, 6.07) is 7.11. The summed E-state index contributed by atoms with van der Waals surface area (Å²) in [7, 11) is 3.84. The zero-order valence-electron chi connectivity index (χ0n) is 15.4. The van der Waals surface area contributed by atoms with Crippen molar-refractivity contribution in [3.8, 4) is 5.69 Å². The van der Waals surface area contributed by atoms with Crippen molar-refractivity contribution in [3.63, 3.8) is 0 Å². The molecule has 140 valence electrons. The number of hydrogen-bond acceptors (Lipinski definition) is 6. The van der Waals surface area contributed by atoms with Crippen LogP contribution in [0, 0.1) is 6.92 Å². The lowest BCUT2D eigenvalue weighted by Crippen LogP contribution is -2.55. The van der Waals surface area contributed by atoms with Crippen LogP contribution < -0.4 is 5.32 Å². The minimum Gasteiger partial charge on any atom is -0.387 e. The Bertz CT molecular complexity index is 759. The molecule has 1 atom stereocenters. The second-order valence-electron chi connectivity index (χ2n) is 7.10. The lowest BCUT2D eigenvalue weighted by molar-refractivity contribution is -0.0333. The number of tetrazole rings is 1. The quantitative estimate of drug-likeness (QED) is 0.841. The van der Waals surface area contributed by atoms with Crippen LogP contribution in [0.25, 0.3) is 5.69 Å². The highest BCUT2D eigenvalue weighted by atomic mass is 16.3. The molecule has 0 aliphatic carbocycles. The Morgan fingerprint density at radius 2 is 2.08 bits per heavy atom. The van der Waals surface area contributed by atoms with E-state index in [2.05, 4.69) is 20.8 Å². The van der Waals surface area contributed by atoms with Gasteiger partial charge in [0.1, 0.15) is 0 Å². The number of urea groups is 1. The molecule has 1 aliphatic rings. The average Bonchev–Trinajstić information content (AvgIpc) is 3.00. The molecule has 0 bridgehead atoms. The van der Waals surface area contributed by atoms with E-state index in [0.717, 1.165) is 12.1 Å². The molecule has 0 unspecified atom stereocenters. The summed E-state index contributed by atoms with van der Waals surface area (Å²) < 4.78 is 1.62. The van der Waals surface area contributed by atoms with E-state index in [9.17, 15) is 9.90 Å². The van der Waals surface area contributed by atoms with Gasteiger partial charge >= 0.3 is 6.03 Å². The van der Waals surface area contributed by atoms with Crippen LogP contribution in [0.2, 0.25) is 0 Å². The van der Waals surface area contributed by atoms with Gasteiger partial charge in [-0.25, -0.2) is 4.79 Å². The molecule has 1 aromatic carbocycles. The molecule has 0 spiro atoms. The first-order valence-corrected chi connectivity index (χ1v) is 8.65. The van der Waals surface area contributed by atoms with E-state index < -0.39 is 5.60 Å². The monoisotopic (exact) mass is 359 g/mol. The Morgan fingerprint density at radius 3 is 2.69 bits per heavy atom. The van der Waals surface area contributed by atoms with Crippen LogP contribution in [0.5, 0.6) is 0 Å². The predicted molar refractivity (Wildman–Crippen MR) is 97.2 cm³/mol. The molecule has 1 fully saturated rings. The summed E-state index contributed by atoms with van der Waals surface area (Å²) in [4.78, 5) is 16.2. The van der Waals surface area contributed by atoms with Gasteiger partial charge in [-0.2, -0.15) is 4.68 Å². The zero-order chi connectivity index (χ0) is 18.7. The molecular formula is C17H25N7O2. The molecule has 9 nitrogen and oxygen atoms in total. The van der Waals surface area contributed by atoms with Crippen LogP contribution in [-0.2, 0) is 0 Å². The van der Waals surface area contributed by atoms with Gasteiger partial charge in [0.15, 0.2) is 5.82 Å². The molecule has 2 N–H and O–H groups in total. The highest BCUT2D eigenvalue weighted by Crippen LogP contribution is 2.23. The maximum Gasteiger partial charge on any atom is 0.321 e. The molecule has 1 saturated heterocycles. The van der Waals surface area contributed by atoms with E-state index >= 15 is 0 Å². The third-order valence-electron chi connectivity index (χ3n) is 4.44. The van der Waals surface area contributed by atoms with Crippen molar-refractivity contribution in [2.75, 3.05) is 39.0 Å². The Kier molecular flexibility index (Phi) is 5.19. The minimum absolute atomic E-state index is 0.201. The topological polar surface area (TPSA) is 99.4 Å². The van der Waals surface area contributed by atoms with Gasteiger partial charge in [-0.1, -0.05) is 0 Å². The van der Waals surface area contributed by atoms with E-state index in [1.165, 1.54) is 0 Å². The largest absolute Gasteiger partial charge is 0.387 e. The van der Waals surface area contributed by atoms with Gasteiger partial charge < -0.3 is 20.2 Å². The molecule has 1 aliphatic heterocycles. The van der Waals surface area contributed by atoms with Crippen LogP contribution in [0.15, 0.2) is 24.3 Å². The number of piperidine rings is 1. The smallest absolute Gasteiger partial charge is 0.321 e. The Hall–Kier alpha value is -2.52. The third kappa shape index (κ3) is 4.17. The SMILES string of the molecule is Cc1nnnn1-c1ccc(NC(=O)N2CCC[C@@](O)(CN(C)C)C2)cc1. The van der Waals surface area contributed by atoms with Gasteiger partial charge in [0.25, 0.3) is 0 Å². The lowest BCUT2D eigenvalue weighted by Gasteiger charge is -2.40. The maximum atomic E-state index is 12.6. The van der Waals surface area contributed by atoms with Gasteiger partial charge in [0.05, 0.1) is 17.8 Å². The number of nitrogens with one attached hydrogen (secondary N) is 1. The van der Waals surface area contributed by atoms with Crippen LogP contribution in [-0.4, -0.2) is 80.5 Å². The van der Waals surface area contributed by atoms with Gasteiger partial charge in [-0.05, 0) is 68.6 Å². The van der Waals surface area contributed by atoms with Crippen molar-refractivity contribution in [2.24, 2.45) is 0 Å². The number of carbonyl (C=O) groups excluding carboxylic acids is 1. The molecule has 2 aromatic rings. The van der Waals surface area contributed by atoms with E-state index in [-0.39, 0.29) is 6.03 Å². The third-order valence-corrected chi connectivity index (χ3v) is 4.44. The molecule has 1 aromatic heterocycles. The number of aliphatic hydroxyl groups is 1. The van der Waals surface area contributed by atoms with E-state index in [1.54, 1.807) is 9.58 Å². The first-order chi connectivity index (χ1) is 12.4. The number of carbonyl (C=O) groups is 1. The van der Waals surface area contributed by atoms with Gasteiger partial charge in [0, 0.05) is 18.8 Å². The molecule has 0 radical (unpaired) electrons. The molecule has 2 heterocycles. The van der Waals surface area contributed by atoms with Crippen molar-refractivity contribution in [3.05, 3.63) is 30.1 Å². The molecule has 0 saturated carbocycles. The van der Waals surface area contributed by atoms with Crippen molar-refractivity contribution in [2.45, 2.75) is 25.4 Å². The summed E-state index contributed by atoms with van der Waals surface area (Å²) in [6.45, 7) is 3.33. The summed E-state index contributed by atoms with van der Waals surface area (Å²) in [5, 5.41) is 25.0. The number of likely N-dealkylation sites (N-methyl/N-ethyl adjacent to an activating group) is 1. The highest BCUT2D eigenvalue weighted by Gasteiger charge is 2.35. The molecule has 2 amide bonds. The number of anilines is 1. The van der Waals surface area contributed by atoms with Crippen molar-refractivity contribution < 1.29 is 9.90 Å². The van der Waals surface area contributed by atoms with Gasteiger partial charge in [-0.3, -0.25) is 0 Å². The highest BCUT2D eigenvalue weighted by molar-refractivity contribution is 5.89. The molecule has 26 heavy (non-hydrogen) atoms. The number of benzene rings is 1. The van der Waals surface area contributed by atoms with Crippen molar-refractivity contribution in [1.29, 1.82) is 0 Å². The average molecular weight is 359 g/mol. The second-order valence-corrected chi connectivity index (χ2v) is 7.10. The number of hydrogen-bond donors (Lipinski definition) is 2. The maximum absolute atomic E-state index is 12.6. The Morgan fingerprint density at radius 1 is 1.35 bits per heavy atom. The van der Waals surface area contributed by atoms with E-state index in [1.807, 2.05) is 50.2 Å². The van der Waals surface area contributed by atoms with Crippen molar-refractivity contribution >= 4 is 11.7 Å². The summed E-state index contributed by atoms with van der Waals surface area (Å²) in [5.41, 5.74) is 0.649. The fraction of sp³-hybridized carbons (Fsp3) is 0.529. The summed E-state index contributed by atoms with van der Waals surface area (Å²) in [5.74, 6) is 0.690. The standard InChI is InChI=1S/C17H25N7O2/c1-13-19-20-21-24(13)15-7-5-14(6-8-15)18-16(25)23-10-4-9-17(26,12-23)11-22(2)3/h5-8,26H,4,9-12H2,1-3H3,(H,18,25)/t17-/m1/s1. The number of nitrogens with zero attached hydrogens (tertiary/aromatic N) is 6. The number of amides is 2. The fourth-order valence-electron chi connectivity index (χ4n) is 3.36. The number of aryl methyl sites for hydroxylation is 1. The Balaban J connectivity index is 1.63. The van der Waals surface area contributed by atoms with Crippen LogP contribution in [0.3, 0.4) is 0 Å². The van der Waals surface area contributed by atoms with E-state index in [0.29, 0.717) is 37.6 Å². The van der Waals surface area contributed by atoms with Crippen molar-refractivity contribution in [1.82, 2.24) is 30.0 Å². The normalized spacial score (nSPS) is 20.4. The first kappa shape index (κ1) is 18.3. The van der Waals surface area contributed by atoms with Crippen LogP contribution in [0.1, 0.15) is 18.7 Å².